The number of aliphatic hydroxyl groups is 4. The van der Waals surface area contributed by atoms with Crippen LogP contribution in [0.4, 0.5) is 5.69 Å². The van der Waals surface area contributed by atoms with Crippen LogP contribution in [0.3, 0.4) is 0 Å². The van der Waals surface area contributed by atoms with Gasteiger partial charge in [0.15, 0.2) is 5.60 Å². The topological polar surface area (TPSA) is 128 Å². The van der Waals surface area contributed by atoms with Gasteiger partial charge in [-0.15, -0.1) is 0 Å². The molecule has 4 unspecified atom stereocenters. The number of fused-ring (bicyclic) bond motifs is 1. The fourth-order valence-corrected chi connectivity index (χ4v) is 4.16. The zero-order valence-electron chi connectivity index (χ0n) is 17.7. The molecule has 0 aliphatic carbocycles. The molecule has 8 nitrogen and oxygen atoms in total. The third kappa shape index (κ3) is 4.22. The number of benzene rings is 2. The maximum atomic E-state index is 12.2. The molecule has 2 aromatic rings. The summed E-state index contributed by atoms with van der Waals surface area (Å²) < 4.78 is 11.4. The van der Waals surface area contributed by atoms with Crippen molar-refractivity contribution in [3.05, 3.63) is 58.1 Å². The molecule has 1 fully saturated rings. The minimum absolute atomic E-state index is 0.232. The van der Waals surface area contributed by atoms with Crippen LogP contribution in [0.5, 0.6) is 5.75 Å². The highest BCUT2D eigenvalue weighted by molar-refractivity contribution is 6.31. The summed E-state index contributed by atoms with van der Waals surface area (Å²) in [5.41, 5.74) is 1.80. The molecule has 2 aliphatic heterocycles. The monoisotopic (exact) mass is 463 g/mol. The van der Waals surface area contributed by atoms with Crippen LogP contribution in [0.1, 0.15) is 36.6 Å². The van der Waals surface area contributed by atoms with Gasteiger partial charge in [0.05, 0.1) is 12.3 Å². The Morgan fingerprint density at radius 3 is 2.53 bits per heavy atom. The summed E-state index contributed by atoms with van der Waals surface area (Å²) in [5, 5.41) is 43.3. The van der Waals surface area contributed by atoms with E-state index in [0.29, 0.717) is 28.4 Å². The first-order chi connectivity index (χ1) is 15.1. The molecule has 0 spiro atoms. The Morgan fingerprint density at radius 1 is 1.06 bits per heavy atom. The second kappa shape index (κ2) is 8.62. The molecule has 2 aliphatic rings. The second-order valence-electron chi connectivity index (χ2n) is 8.67. The number of rotatable bonds is 4. The van der Waals surface area contributed by atoms with Crippen LogP contribution in [0.2, 0.25) is 5.02 Å². The van der Waals surface area contributed by atoms with Crippen molar-refractivity contribution in [3.63, 3.8) is 0 Å². The van der Waals surface area contributed by atoms with Gasteiger partial charge >= 0.3 is 0 Å². The Kier molecular flexibility index (Phi) is 6.19. The van der Waals surface area contributed by atoms with Gasteiger partial charge in [-0.2, -0.15) is 0 Å². The second-order valence-corrected chi connectivity index (χ2v) is 9.08. The number of anilines is 1. The minimum Gasteiger partial charge on any atom is -0.476 e. The van der Waals surface area contributed by atoms with E-state index in [1.165, 1.54) is 0 Å². The van der Waals surface area contributed by atoms with Gasteiger partial charge in [-0.1, -0.05) is 29.8 Å². The third-order valence-corrected chi connectivity index (χ3v) is 6.26. The van der Waals surface area contributed by atoms with E-state index in [9.17, 15) is 25.2 Å². The van der Waals surface area contributed by atoms with Crippen LogP contribution in [0.15, 0.2) is 36.4 Å². The lowest BCUT2D eigenvalue weighted by atomic mass is 9.90. The molecule has 5 atom stereocenters. The maximum Gasteiger partial charge on any atom is 0.268 e. The summed E-state index contributed by atoms with van der Waals surface area (Å²) in [6.07, 6.45) is -5.77. The molecule has 32 heavy (non-hydrogen) atoms. The van der Waals surface area contributed by atoms with Gasteiger partial charge in [0.25, 0.3) is 5.91 Å². The molecule has 0 saturated carbocycles. The van der Waals surface area contributed by atoms with Gasteiger partial charge in [-0.05, 0) is 55.2 Å². The van der Waals surface area contributed by atoms with Crippen molar-refractivity contribution < 1.29 is 34.7 Å². The van der Waals surface area contributed by atoms with Crippen LogP contribution in [0, 0.1) is 0 Å². The minimum atomic E-state index is -1.46. The van der Waals surface area contributed by atoms with Crippen molar-refractivity contribution in [1.82, 2.24) is 0 Å². The largest absolute Gasteiger partial charge is 0.476 e. The number of amides is 1. The Morgan fingerprint density at radius 2 is 1.81 bits per heavy atom. The number of hydrogen-bond donors (Lipinski definition) is 5. The zero-order chi connectivity index (χ0) is 23.2. The number of halogens is 1. The number of hydrogen-bond acceptors (Lipinski definition) is 7. The quantitative estimate of drug-likeness (QED) is 0.465. The highest BCUT2D eigenvalue weighted by Crippen LogP contribution is 2.37. The SMILES string of the molecule is CC1(C)Oc2ccc(Cc3cc(C4OC(CO)C(O)C(O)[C@@H]4O)ccc3Cl)cc2NC1=O. The normalized spacial score (nSPS) is 29.1. The molecule has 5 N–H and O–H groups in total. The Balaban J connectivity index is 1.59. The molecule has 172 valence electrons. The predicted octanol–water partition coefficient (Wildman–Crippen LogP) is 1.56. The lowest BCUT2D eigenvalue weighted by Crippen LogP contribution is -2.55. The molecule has 0 bridgehead atoms. The van der Waals surface area contributed by atoms with Gasteiger partial charge in [0, 0.05) is 5.02 Å². The van der Waals surface area contributed by atoms with E-state index in [1.54, 1.807) is 38.1 Å². The smallest absolute Gasteiger partial charge is 0.268 e. The van der Waals surface area contributed by atoms with Crippen molar-refractivity contribution in [2.45, 2.75) is 56.4 Å². The van der Waals surface area contributed by atoms with E-state index in [0.717, 1.165) is 11.1 Å². The Hall–Kier alpha value is -2.20. The number of ether oxygens (including phenoxy) is 2. The summed E-state index contributed by atoms with van der Waals surface area (Å²) in [4.78, 5) is 12.2. The number of carbonyl (C=O) groups is 1. The summed E-state index contributed by atoms with van der Waals surface area (Å²) >= 11 is 6.41. The zero-order valence-corrected chi connectivity index (χ0v) is 18.4. The first-order valence-corrected chi connectivity index (χ1v) is 10.7. The fourth-order valence-electron chi connectivity index (χ4n) is 3.97. The van der Waals surface area contributed by atoms with Crippen molar-refractivity contribution in [3.8, 4) is 5.75 Å². The molecule has 1 saturated heterocycles. The van der Waals surface area contributed by atoms with Crippen molar-refractivity contribution in [2.75, 3.05) is 11.9 Å². The van der Waals surface area contributed by atoms with E-state index in [4.69, 9.17) is 21.1 Å². The molecule has 1 amide bonds. The van der Waals surface area contributed by atoms with Crippen molar-refractivity contribution >= 4 is 23.2 Å². The van der Waals surface area contributed by atoms with Crippen molar-refractivity contribution in [1.29, 1.82) is 0 Å². The standard InChI is InChI=1S/C23H26ClNO7/c1-23(2)22(30)25-15-8-11(3-6-16(15)32-23)7-13-9-12(4-5-14(13)24)21-20(29)19(28)18(27)17(10-26)31-21/h3-6,8-9,17-21,26-29H,7,10H2,1-2H3,(H,25,30)/t17?,18?,19?,20-,21?/m0/s1. The number of nitrogens with one attached hydrogen (secondary N) is 1. The van der Waals surface area contributed by atoms with E-state index >= 15 is 0 Å². The average molecular weight is 464 g/mol. The summed E-state index contributed by atoms with van der Waals surface area (Å²) in [6, 6.07) is 10.6. The van der Waals surface area contributed by atoms with Crippen LogP contribution < -0.4 is 10.1 Å². The lowest BCUT2D eigenvalue weighted by molar-refractivity contribution is -0.231. The molecule has 4 rings (SSSR count). The average Bonchev–Trinajstić information content (AvgIpc) is 2.75. The molecule has 2 heterocycles. The number of carbonyl (C=O) groups excluding carboxylic acids is 1. The summed E-state index contributed by atoms with van der Waals surface area (Å²) in [7, 11) is 0. The molecule has 0 radical (unpaired) electrons. The first-order valence-electron chi connectivity index (χ1n) is 10.3. The van der Waals surface area contributed by atoms with Gasteiger partial charge in [0.2, 0.25) is 0 Å². The maximum absolute atomic E-state index is 12.2. The first kappa shape index (κ1) is 23.0. The van der Waals surface area contributed by atoms with Gasteiger partial charge in [-0.25, -0.2) is 0 Å². The van der Waals surface area contributed by atoms with Gasteiger partial charge < -0.3 is 35.2 Å². The summed E-state index contributed by atoms with van der Waals surface area (Å²) in [6.45, 7) is 2.90. The highest BCUT2D eigenvalue weighted by atomic mass is 35.5. The molecule has 9 heteroatoms. The van der Waals surface area contributed by atoms with Crippen LogP contribution in [-0.4, -0.2) is 63.0 Å². The van der Waals surface area contributed by atoms with Crippen LogP contribution in [0.25, 0.3) is 0 Å². The fraction of sp³-hybridized carbons (Fsp3) is 0.435. The molecule has 2 aromatic carbocycles. The van der Waals surface area contributed by atoms with Crippen LogP contribution in [-0.2, 0) is 16.0 Å². The molecular weight excluding hydrogens is 438 g/mol. The lowest BCUT2D eigenvalue weighted by Gasteiger charge is -2.40. The summed E-state index contributed by atoms with van der Waals surface area (Å²) in [5.74, 6) is 0.351. The third-order valence-electron chi connectivity index (χ3n) is 5.89. The number of aliphatic hydroxyl groups excluding tert-OH is 4. The Bertz CT molecular complexity index is 1030. The van der Waals surface area contributed by atoms with E-state index in [-0.39, 0.29) is 5.91 Å². The molecular formula is C23H26ClNO7. The Labute approximate surface area is 190 Å². The van der Waals surface area contributed by atoms with E-state index in [2.05, 4.69) is 5.32 Å². The predicted molar refractivity (Wildman–Crippen MR) is 117 cm³/mol. The highest BCUT2D eigenvalue weighted by Gasteiger charge is 2.44. The molecule has 0 aromatic heterocycles. The van der Waals surface area contributed by atoms with Crippen LogP contribution >= 0.6 is 11.6 Å². The van der Waals surface area contributed by atoms with E-state index < -0.39 is 42.7 Å². The van der Waals surface area contributed by atoms with Gasteiger partial charge in [0.1, 0.15) is 36.3 Å². The van der Waals surface area contributed by atoms with Crippen molar-refractivity contribution in [2.24, 2.45) is 0 Å². The van der Waals surface area contributed by atoms with Gasteiger partial charge in [-0.3, -0.25) is 4.79 Å². The van der Waals surface area contributed by atoms with E-state index in [1.807, 2.05) is 12.1 Å².